The highest BCUT2D eigenvalue weighted by atomic mass is 35.5. The molecule has 25 heavy (non-hydrogen) atoms. The molecule has 5 nitrogen and oxygen atoms in total. The van der Waals surface area contributed by atoms with E-state index in [1.165, 1.54) is 0 Å². The van der Waals surface area contributed by atoms with Crippen molar-refractivity contribution in [1.82, 2.24) is 14.8 Å². The second kappa shape index (κ2) is 6.56. The topological polar surface area (TPSA) is 54.3 Å². The van der Waals surface area contributed by atoms with Gasteiger partial charge in [0.2, 0.25) is 11.8 Å². The molecule has 6 heteroatoms. The summed E-state index contributed by atoms with van der Waals surface area (Å²) in [5.74, 6) is -0.345. The van der Waals surface area contributed by atoms with E-state index < -0.39 is 0 Å². The predicted octanol–water partition coefficient (Wildman–Crippen LogP) is 2.74. The van der Waals surface area contributed by atoms with E-state index in [0.29, 0.717) is 11.6 Å². The largest absolute Gasteiger partial charge is 0.353 e. The Labute approximate surface area is 151 Å². The highest BCUT2D eigenvalue weighted by molar-refractivity contribution is 6.31. The fourth-order valence-corrected chi connectivity index (χ4v) is 3.66. The molecule has 130 valence electrons. The fraction of sp³-hybridized carbons (Fsp3) is 0.368. The molecule has 1 aliphatic heterocycles. The van der Waals surface area contributed by atoms with Gasteiger partial charge in [0.1, 0.15) is 6.42 Å². The Hall–Kier alpha value is -2.27. The molecule has 1 atom stereocenters. The molecule has 2 amide bonds. The quantitative estimate of drug-likeness (QED) is 0.855. The molecule has 1 fully saturated rings. The molecule has 0 radical (unpaired) electrons. The van der Waals surface area contributed by atoms with Crippen LogP contribution in [0.5, 0.6) is 0 Å². The number of benzene rings is 1. The summed E-state index contributed by atoms with van der Waals surface area (Å²) in [7, 11) is 0. The Balaban J connectivity index is 1.62. The second-order valence-electron chi connectivity index (χ2n) is 6.66. The van der Waals surface area contributed by atoms with Crippen molar-refractivity contribution in [1.29, 1.82) is 0 Å². The maximum atomic E-state index is 12.8. The second-order valence-corrected chi connectivity index (χ2v) is 7.06. The molecule has 1 aromatic heterocycles. The minimum absolute atomic E-state index is 0.113. The van der Waals surface area contributed by atoms with Gasteiger partial charge in [0.05, 0.1) is 6.04 Å². The molecule has 1 N–H and O–H groups in total. The maximum Gasteiger partial charge on any atom is 0.232 e. The summed E-state index contributed by atoms with van der Waals surface area (Å²) in [6, 6.07) is 11.6. The third-order valence-electron chi connectivity index (χ3n) is 4.81. The normalized spacial score (nSPS) is 19.4. The molecule has 1 unspecified atom stereocenters. The lowest BCUT2D eigenvalue weighted by Gasteiger charge is -2.37. The molecular weight excluding hydrogens is 338 g/mol. The third-order valence-corrected chi connectivity index (χ3v) is 5.16. The van der Waals surface area contributed by atoms with Gasteiger partial charge in [0, 0.05) is 36.0 Å². The van der Waals surface area contributed by atoms with Crippen LogP contribution in [0.25, 0.3) is 0 Å². The van der Waals surface area contributed by atoms with Crippen LogP contribution in [-0.4, -0.2) is 33.9 Å². The standard InChI is InChI=1S/C19H20ClN3O2/c20-15-5-2-1-4-14(15)19-16-6-3-9-22(16)10-11-23(19)18(25)12-17(24)21-13-7-8-13/h1-6,9,13,19H,7-8,10-12H2,(H,21,24). The first-order valence-corrected chi connectivity index (χ1v) is 8.99. The molecule has 0 saturated heterocycles. The van der Waals surface area contributed by atoms with Gasteiger partial charge in [-0.2, -0.15) is 0 Å². The molecule has 0 bridgehead atoms. The Bertz CT molecular complexity index is 813. The number of carbonyl (C=O) groups excluding carboxylic acids is 2. The maximum absolute atomic E-state index is 12.8. The number of halogens is 1. The lowest BCUT2D eigenvalue weighted by molar-refractivity contribution is -0.138. The van der Waals surface area contributed by atoms with Crippen molar-refractivity contribution in [2.45, 2.75) is 37.9 Å². The summed E-state index contributed by atoms with van der Waals surface area (Å²) < 4.78 is 2.14. The van der Waals surface area contributed by atoms with Gasteiger partial charge >= 0.3 is 0 Å². The van der Waals surface area contributed by atoms with Crippen LogP contribution < -0.4 is 5.32 Å². The smallest absolute Gasteiger partial charge is 0.232 e. The van der Waals surface area contributed by atoms with E-state index in [-0.39, 0.29) is 30.3 Å². The zero-order chi connectivity index (χ0) is 17.4. The van der Waals surface area contributed by atoms with Crippen LogP contribution in [0.3, 0.4) is 0 Å². The van der Waals surface area contributed by atoms with Crippen molar-refractivity contribution < 1.29 is 9.59 Å². The monoisotopic (exact) mass is 357 g/mol. The lowest BCUT2D eigenvalue weighted by atomic mass is 9.99. The lowest BCUT2D eigenvalue weighted by Crippen LogP contribution is -2.44. The van der Waals surface area contributed by atoms with E-state index in [1.54, 1.807) is 4.90 Å². The molecule has 1 aromatic carbocycles. The van der Waals surface area contributed by atoms with Crippen LogP contribution >= 0.6 is 11.6 Å². The van der Waals surface area contributed by atoms with Gasteiger partial charge in [-0.3, -0.25) is 9.59 Å². The molecule has 4 rings (SSSR count). The van der Waals surface area contributed by atoms with Crippen molar-refractivity contribution >= 4 is 23.4 Å². The summed E-state index contributed by atoms with van der Waals surface area (Å²) in [5.41, 5.74) is 1.91. The number of nitrogens with zero attached hydrogens (tertiary/aromatic N) is 2. The number of amides is 2. The van der Waals surface area contributed by atoms with Crippen molar-refractivity contribution in [2.24, 2.45) is 0 Å². The zero-order valence-electron chi connectivity index (χ0n) is 13.8. The highest BCUT2D eigenvalue weighted by Gasteiger charge is 2.34. The molecule has 2 aliphatic rings. The molecular formula is C19H20ClN3O2. The van der Waals surface area contributed by atoms with Crippen LogP contribution in [-0.2, 0) is 16.1 Å². The van der Waals surface area contributed by atoms with Crippen molar-refractivity contribution in [2.75, 3.05) is 6.54 Å². The number of hydrogen-bond acceptors (Lipinski definition) is 2. The number of hydrogen-bond donors (Lipinski definition) is 1. The number of aromatic nitrogens is 1. The molecule has 1 saturated carbocycles. The third kappa shape index (κ3) is 3.29. The zero-order valence-corrected chi connectivity index (χ0v) is 14.6. The number of rotatable bonds is 4. The molecule has 2 heterocycles. The number of nitrogens with one attached hydrogen (secondary N) is 1. The van der Waals surface area contributed by atoms with Gasteiger partial charge in [-0.1, -0.05) is 29.8 Å². The van der Waals surface area contributed by atoms with Gasteiger partial charge in [-0.25, -0.2) is 0 Å². The average Bonchev–Trinajstić information content (AvgIpc) is 3.27. The van der Waals surface area contributed by atoms with E-state index >= 15 is 0 Å². The van der Waals surface area contributed by atoms with E-state index in [4.69, 9.17) is 11.6 Å². The summed E-state index contributed by atoms with van der Waals surface area (Å²) in [6.45, 7) is 1.28. The summed E-state index contributed by atoms with van der Waals surface area (Å²) in [5, 5.41) is 3.51. The Morgan fingerprint density at radius 1 is 1.12 bits per heavy atom. The van der Waals surface area contributed by atoms with Crippen LogP contribution in [0.1, 0.15) is 36.6 Å². The van der Waals surface area contributed by atoms with E-state index in [2.05, 4.69) is 9.88 Å². The fourth-order valence-electron chi connectivity index (χ4n) is 3.42. The van der Waals surface area contributed by atoms with Gasteiger partial charge in [-0.05, 0) is 36.6 Å². The van der Waals surface area contributed by atoms with Crippen LogP contribution in [0.2, 0.25) is 5.02 Å². The first-order valence-electron chi connectivity index (χ1n) is 8.62. The average molecular weight is 358 g/mol. The van der Waals surface area contributed by atoms with E-state index in [0.717, 1.165) is 30.6 Å². The summed E-state index contributed by atoms with van der Waals surface area (Å²) >= 11 is 6.42. The molecule has 1 aliphatic carbocycles. The summed E-state index contributed by atoms with van der Waals surface area (Å²) in [4.78, 5) is 26.7. The van der Waals surface area contributed by atoms with Crippen LogP contribution in [0, 0.1) is 0 Å². The van der Waals surface area contributed by atoms with Crippen molar-refractivity contribution in [3.8, 4) is 0 Å². The Morgan fingerprint density at radius 2 is 1.92 bits per heavy atom. The first-order chi connectivity index (χ1) is 12.1. The van der Waals surface area contributed by atoms with Crippen LogP contribution in [0.4, 0.5) is 0 Å². The van der Waals surface area contributed by atoms with E-state index in [9.17, 15) is 9.59 Å². The minimum atomic E-state index is -0.265. The highest BCUT2D eigenvalue weighted by Crippen LogP contribution is 2.36. The minimum Gasteiger partial charge on any atom is -0.353 e. The van der Waals surface area contributed by atoms with Gasteiger partial charge in [0.25, 0.3) is 0 Å². The first kappa shape index (κ1) is 16.2. The van der Waals surface area contributed by atoms with Crippen LogP contribution in [0.15, 0.2) is 42.6 Å². The predicted molar refractivity (Wildman–Crippen MR) is 95.2 cm³/mol. The van der Waals surface area contributed by atoms with Gasteiger partial charge < -0.3 is 14.8 Å². The van der Waals surface area contributed by atoms with Crippen molar-refractivity contribution in [3.63, 3.8) is 0 Å². The number of carbonyl (C=O) groups is 2. The van der Waals surface area contributed by atoms with Crippen molar-refractivity contribution in [3.05, 3.63) is 58.9 Å². The Morgan fingerprint density at radius 3 is 2.68 bits per heavy atom. The molecule has 2 aromatic rings. The van der Waals surface area contributed by atoms with E-state index in [1.807, 2.05) is 42.6 Å². The SMILES string of the molecule is O=C(CC(=O)N1CCn2cccc2C1c1ccccc1Cl)NC1CC1. The van der Waals surface area contributed by atoms with Gasteiger partial charge in [0.15, 0.2) is 0 Å². The Kier molecular flexibility index (Phi) is 4.25. The number of fused-ring (bicyclic) bond motifs is 1. The summed E-state index contributed by atoms with van der Waals surface area (Å²) in [6.07, 6.45) is 3.93. The van der Waals surface area contributed by atoms with Gasteiger partial charge in [-0.15, -0.1) is 0 Å². The molecule has 0 spiro atoms.